The lowest BCUT2D eigenvalue weighted by Crippen LogP contribution is -2.08. The van der Waals surface area contributed by atoms with E-state index in [-0.39, 0.29) is 5.75 Å². The van der Waals surface area contributed by atoms with Gasteiger partial charge in [0.15, 0.2) is 11.5 Å². The van der Waals surface area contributed by atoms with Crippen molar-refractivity contribution in [3.8, 4) is 11.5 Å². The Morgan fingerprint density at radius 2 is 1.71 bits per heavy atom. The number of hydrogen-bond donors (Lipinski definition) is 2. The van der Waals surface area contributed by atoms with Gasteiger partial charge >= 0.3 is 6.18 Å². The number of halogens is 3. The Morgan fingerprint density at radius 3 is 2.38 bits per heavy atom. The molecule has 0 unspecified atom stereocenters. The van der Waals surface area contributed by atoms with Gasteiger partial charge in [0.05, 0.1) is 23.2 Å². The van der Waals surface area contributed by atoms with Crippen LogP contribution in [0.25, 0.3) is 0 Å². The van der Waals surface area contributed by atoms with E-state index in [4.69, 9.17) is 9.94 Å². The average Bonchev–Trinajstić information content (AvgIpc) is 2.44. The number of nitrogens with zero attached hydrogens (tertiary/aromatic N) is 1. The van der Waals surface area contributed by atoms with Gasteiger partial charge in [-0.1, -0.05) is 11.2 Å². The van der Waals surface area contributed by atoms with Gasteiger partial charge in [-0.25, -0.2) is 0 Å². The van der Waals surface area contributed by atoms with E-state index >= 15 is 0 Å². The monoisotopic (exact) mass is 294 g/mol. The number of benzene rings is 2. The largest absolute Gasteiger partial charge is 0.453 e. The van der Waals surface area contributed by atoms with Gasteiger partial charge in [-0.3, -0.25) is 0 Å². The maximum absolute atomic E-state index is 12.7. The molecule has 0 aliphatic carbocycles. The van der Waals surface area contributed by atoms with Crippen LogP contribution in [-0.2, 0) is 6.18 Å². The lowest BCUT2D eigenvalue weighted by molar-refractivity contribution is -0.137. The fraction of sp³-hybridized carbons (Fsp3) is 0.0714. The lowest BCUT2D eigenvalue weighted by Gasteiger charge is -2.23. The molecule has 1 aliphatic rings. The Bertz CT molecular complexity index is 727. The van der Waals surface area contributed by atoms with Crippen molar-refractivity contribution < 1.29 is 23.1 Å². The number of anilines is 2. The summed E-state index contributed by atoms with van der Waals surface area (Å²) in [4.78, 5) is 0. The Labute approximate surface area is 117 Å². The van der Waals surface area contributed by atoms with E-state index in [2.05, 4.69) is 10.5 Å². The third-order valence-corrected chi connectivity index (χ3v) is 3.01. The molecular formula is C14H9F3N2O2. The highest BCUT2D eigenvalue weighted by Gasteiger charge is 2.32. The minimum atomic E-state index is -4.43. The first-order valence-electron chi connectivity index (χ1n) is 5.95. The van der Waals surface area contributed by atoms with Gasteiger partial charge < -0.3 is 15.3 Å². The Balaban J connectivity index is 1.99. The molecule has 1 aliphatic heterocycles. The predicted molar refractivity (Wildman–Crippen MR) is 70.6 cm³/mol. The van der Waals surface area contributed by atoms with E-state index in [9.17, 15) is 13.2 Å². The van der Waals surface area contributed by atoms with Crippen LogP contribution in [0.2, 0.25) is 0 Å². The number of fused-ring (bicyclic) bond motifs is 2. The molecule has 0 fully saturated rings. The second kappa shape index (κ2) is 4.69. The minimum absolute atomic E-state index is 0.0930. The molecule has 0 radical (unpaired) electrons. The van der Waals surface area contributed by atoms with Crippen LogP contribution in [0.5, 0.6) is 11.5 Å². The molecule has 2 aromatic carbocycles. The molecule has 2 aromatic rings. The summed E-state index contributed by atoms with van der Waals surface area (Å²) in [6.45, 7) is 0. The number of ether oxygens (including phenoxy) is 1. The molecule has 0 saturated carbocycles. The van der Waals surface area contributed by atoms with Crippen LogP contribution in [0.3, 0.4) is 0 Å². The number of nitrogens with one attached hydrogen (secondary N) is 1. The van der Waals surface area contributed by atoms with Gasteiger partial charge in [0.25, 0.3) is 0 Å². The maximum atomic E-state index is 12.7. The fourth-order valence-corrected chi connectivity index (χ4v) is 2.02. The van der Waals surface area contributed by atoms with Crippen LogP contribution < -0.4 is 10.1 Å². The van der Waals surface area contributed by atoms with E-state index in [0.29, 0.717) is 22.7 Å². The van der Waals surface area contributed by atoms with Crippen LogP contribution in [0.1, 0.15) is 11.1 Å². The summed E-state index contributed by atoms with van der Waals surface area (Å²) < 4.78 is 43.6. The molecule has 0 bridgehead atoms. The van der Waals surface area contributed by atoms with E-state index < -0.39 is 11.7 Å². The van der Waals surface area contributed by atoms with E-state index in [0.717, 1.165) is 12.1 Å². The van der Waals surface area contributed by atoms with Crippen molar-refractivity contribution in [2.45, 2.75) is 6.18 Å². The van der Waals surface area contributed by atoms with Gasteiger partial charge in [0.2, 0.25) is 0 Å². The summed E-state index contributed by atoms with van der Waals surface area (Å²) in [5.74, 6) is 0.453. The standard InChI is InChI=1S/C14H9F3N2O2/c15-14(16,17)9-2-4-11-13(6-9)21-12-5-8(7-18-20)1-3-10(12)19-11/h1-7,19-20H. The second-order valence-corrected chi connectivity index (χ2v) is 4.44. The molecule has 3 rings (SSSR count). The third-order valence-electron chi connectivity index (χ3n) is 3.01. The van der Waals surface area contributed by atoms with Gasteiger partial charge in [0, 0.05) is 0 Å². The van der Waals surface area contributed by atoms with Crippen LogP contribution in [0.4, 0.5) is 24.5 Å². The van der Waals surface area contributed by atoms with Gasteiger partial charge in [-0.2, -0.15) is 13.2 Å². The molecule has 0 spiro atoms. The lowest BCUT2D eigenvalue weighted by atomic mass is 10.1. The van der Waals surface area contributed by atoms with Gasteiger partial charge in [-0.05, 0) is 35.9 Å². The van der Waals surface area contributed by atoms with Gasteiger partial charge in [0.1, 0.15) is 0 Å². The highest BCUT2D eigenvalue weighted by atomic mass is 19.4. The zero-order chi connectivity index (χ0) is 15.0. The SMILES string of the molecule is ON=Cc1ccc2c(c1)Oc1cc(C(F)(F)F)ccc1N2. The predicted octanol–water partition coefficient (Wildman–Crippen LogP) is 4.36. The van der Waals surface area contributed by atoms with Crippen molar-refractivity contribution in [1.82, 2.24) is 0 Å². The summed E-state index contributed by atoms with van der Waals surface area (Å²) in [5, 5.41) is 14.4. The molecule has 0 saturated heterocycles. The number of oxime groups is 1. The molecule has 108 valence electrons. The van der Waals surface area contributed by atoms with E-state index in [1.807, 2.05) is 0 Å². The highest BCUT2D eigenvalue weighted by molar-refractivity contribution is 5.84. The highest BCUT2D eigenvalue weighted by Crippen LogP contribution is 2.44. The zero-order valence-electron chi connectivity index (χ0n) is 10.5. The fourth-order valence-electron chi connectivity index (χ4n) is 2.02. The van der Waals surface area contributed by atoms with Crippen molar-refractivity contribution in [2.75, 3.05) is 5.32 Å². The first-order valence-corrected chi connectivity index (χ1v) is 5.95. The van der Waals surface area contributed by atoms with E-state index in [1.165, 1.54) is 12.3 Å². The number of rotatable bonds is 1. The molecule has 7 heteroatoms. The van der Waals surface area contributed by atoms with Crippen molar-refractivity contribution in [1.29, 1.82) is 0 Å². The van der Waals surface area contributed by atoms with Crippen LogP contribution >= 0.6 is 0 Å². The van der Waals surface area contributed by atoms with Gasteiger partial charge in [-0.15, -0.1) is 0 Å². The molecule has 2 N–H and O–H groups in total. The first kappa shape index (κ1) is 13.3. The maximum Gasteiger partial charge on any atom is 0.416 e. The average molecular weight is 294 g/mol. The second-order valence-electron chi connectivity index (χ2n) is 4.44. The molecule has 0 amide bonds. The number of hydrogen-bond acceptors (Lipinski definition) is 4. The molecule has 4 nitrogen and oxygen atoms in total. The molecular weight excluding hydrogens is 285 g/mol. The van der Waals surface area contributed by atoms with Crippen molar-refractivity contribution in [3.63, 3.8) is 0 Å². The van der Waals surface area contributed by atoms with E-state index in [1.54, 1.807) is 18.2 Å². The quantitative estimate of drug-likeness (QED) is 0.398. The summed E-state index contributed by atoms with van der Waals surface area (Å²) >= 11 is 0. The Kier molecular flexibility index (Phi) is 2.97. The molecule has 0 atom stereocenters. The van der Waals surface area contributed by atoms with Crippen molar-refractivity contribution in [3.05, 3.63) is 47.5 Å². The number of alkyl halides is 3. The van der Waals surface area contributed by atoms with Crippen LogP contribution in [-0.4, -0.2) is 11.4 Å². The zero-order valence-corrected chi connectivity index (χ0v) is 10.5. The normalized spacial score (nSPS) is 13.3. The molecule has 1 heterocycles. The molecule has 21 heavy (non-hydrogen) atoms. The van der Waals surface area contributed by atoms with Crippen LogP contribution in [0.15, 0.2) is 41.6 Å². The van der Waals surface area contributed by atoms with Crippen molar-refractivity contribution >= 4 is 17.6 Å². The first-order chi connectivity index (χ1) is 9.97. The Hall–Kier alpha value is -2.70. The summed E-state index contributed by atoms with van der Waals surface area (Å²) in [7, 11) is 0. The summed E-state index contributed by atoms with van der Waals surface area (Å²) in [6.07, 6.45) is -3.23. The van der Waals surface area contributed by atoms with Crippen LogP contribution in [0, 0.1) is 0 Å². The smallest absolute Gasteiger partial charge is 0.416 e. The van der Waals surface area contributed by atoms with Crippen molar-refractivity contribution in [2.24, 2.45) is 5.16 Å². The molecule has 0 aromatic heterocycles. The minimum Gasteiger partial charge on any atom is -0.453 e. The topological polar surface area (TPSA) is 53.9 Å². The summed E-state index contributed by atoms with van der Waals surface area (Å²) in [6, 6.07) is 8.19. The third kappa shape index (κ3) is 2.49. The Morgan fingerprint density at radius 1 is 1.05 bits per heavy atom. The summed E-state index contributed by atoms with van der Waals surface area (Å²) in [5.41, 5.74) is 0.865.